The van der Waals surface area contributed by atoms with Crippen molar-refractivity contribution in [3.8, 4) is 6.07 Å². The number of aryl methyl sites for hydroxylation is 2. The molecule has 1 atom stereocenters. The predicted octanol–water partition coefficient (Wildman–Crippen LogP) is 2.81. The zero-order valence-electron chi connectivity index (χ0n) is 12.2. The maximum Gasteiger partial charge on any atom is 0.144 e. The monoisotopic (exact) mass is 271 g/mol. The molecule has 1 aromatic rings. The van der Waals surface area contributed by atoms with Crippen LogP contribution in [0.4, 0.5) is 5.82 Å². The largest absolute Gasteiger partial charge is 0.375 e. The van der Waals surface area contributed by atoms with Gasteiger partial charge in [0.1, 0.15) is 11.9 Å². The van der Waals surface area contributed by atoms with Crippen molar-refractivity contribution in [2.24, 2.45) is 0 Å². The van der Waals surface area contributed by atoms with Gasteiger partial charge in [-0.05, 0) is 57.6 Å². The summed E-state index contributed by atoms with van der Waals surface area (Å²) in [4.78, 5) is 4.69. The summed E-state index contributed by atoms with van der Waals surface area (Å²) in [5, 5.41) is 12.8. The Balaban J connectivity index is 1.82. The summed E-state index contributed by atoms with van der Waals surface area (Å²) in [6.45, 7) is 4.99. The average Bonchev–Trinajstić information content (AvgIpc) is 2.83. The molecule has 1 aliphatic carbocycles. The second-order valence-corrected chi connectivity index (χ2v) is 6.40. The van der Waals surface area contributed by atoms with Gasteiger partial charge in [0, 0.05) is 18.3 Å². The van der Waals surface area contributed by atoms with Crippen molar-refractivity contribution < 1.29 is 4.74 Å². The zero-order valence-corrected chi connectivity index (χ0v) is 12.2. The van der Waals surface area contributed by atoms with Crippen molar-refractivity contribution in [1.82, 2.24) is 4.98 Å². The second kappa shape index (κ2) is 5.06. The molecular formula is C16H21N3O. The highest BCUT2D eigenvalue weighted by atomic mass is 16.5. The van der Waals surface area contributed by atoms with Crippen molar-refractivity contribution in [3.63, 3.8) is 0 Å². The normalized spacial score (nSPS) is 23.9. The maximum absolute atomic E-state index is 9.33. The molecule has 0 bridgehead atoms. The number of rotatable bonds is 2. The summed E-state index contributed by atoms with van der Waals surface area (Å²) in [5.74, 6) is 0.760. The standard InChI is InChI=1S/C16H21N3O/c1-16(2)9-13(6-7-20-16)18-15-12(10-17)8-11-4-3-5-14(11)19-15/h8,13H,3-7,9H2,1-2H3,(H,18,19). The van der Waals surface area contributed by atoms with E-state index < -0.39 is 0 Å². The Labute approximate surface area is 120 Å². The van der Waals surface area contributed by atoms with Gasteiger partial charge in [-0.1, -0.05) is 0 Å². The third-order valence-electron chi connectivity index (χ3n) is 4.21. The molecule has 4 heteroatoms. The van der Waals surface area contributed by atoms with Gasteiger partial charge in [-0.3, -0.25) is 0 Å². The molecule has 0 radical (unpaired) electrons. The van der Waals surface area contributed by atoms with Gasteiger partial charge in [0.2, 0.25) is 0 Å². The first-order valence-electron chi connectivity index (χ1n) is 7.41. The molecule has 0 aromatic carbocycles. The minimum atomic E-state index is -0.0978. The van der Waals surface area contributed by atoms with Crippen molar-refractivity contribution in [1.29, 1.82) is 5.26 Å². The quantitative estimate of drug-likeness (QED) is 0.898. The summed E-state index contributed by atoms with van der Waals surface area (Å²) in [5.41, 5.74) is 2.99. The molecule has 20 heavy (non-hydrogen) atoms. The molecule has 106 valence electrons. The minimum absolute atomic E-state index is 0.0978. The van der Waals surface area contributed by atoms with Crippen LogP contribution in [0, 0.1) is 11.3 Å². The Hall–Kier alpha value is -1.60. The summed E-state index contributed by atoms with van der Waals surface area (Å²) >= 11 is 0. The fourth-order valence-electron chi connectivity index (χ4n) is 3.22. The number of nitriles is 1. The van der Waals surface area contributed by atoms with Crippen LogP contribution in [-0.4, -0.2) is 23.2 Å². The number of ether oxygens (including phenoxy) is 1. The Bertz CT molecular complexity index is 560. The van der Waals surface area contributed by atoms with Crippen LogP contribution in [0.25, 0.3) is 0 Å². The van der Waals surface area contributed by atoms with E-state index in [1.807, 2.05) is 6.07 Å². The van der Waals surface area contributed by atoms with Crippen LogP contribution >= 0.6 is 0 Å². The van der Waals surface area contributed by atoms with Crippen LogP contribution in [-0.2, 0) is 17.6 Å². The number of hydrogen-bond donors (Lipinski definition) is 1. The van der Waals surface area contributed by atoms with Gasteiger partial charge in [-0.25, -0.2) is 4.98 Å². The second-order valence-electron chi connectivity index (χ2n) is 6.40. The Morgan fingerprint density at radius 3 is 3.05 bits per heavy atom. The molecule has 0 amide bonds. The molecule has 1 saturated heterocycles. The predicted molar refractivity (Wildman–Crippen MR) is 77.7 cm³/mol. The molecule has 0 spiro atoms. The molecule has 2 aliphatic rings. The number of nitrogens with one attached hydrogen (secondary N) is 1. The number of anilines is 1. The van der Waals surface area contributed by atoms with Crippen LogP contribution in [0.3, 0.4) is 0 Å². The molecule has 1 unspecified atom stereocenters. The van der Waals surface area contributed by atoms with Crippen LogP contribution in [0.15, 0.2) is 6.07 Å². The fourth-order valence-corrected chi connectivity index (χ4v) is 3.22. The molecule has 4 nitrogen and oxygen atoms in total. The van der Waals surface area contributed by atoms with E-state index in [1.54, 1.807) is 0 Å². The van der Waals surface area contributed by atoms with Crippen molar-refractivity contribution in [3.05, 3.63) is 22.9 Å². The Morgan fingerprint density at radius 1 is 1.45 bits per heavy atom. The van der Waals surface area contributed by atoms with Crippen molar-refractivity contribution in [2.75, 3.05) is 11.9 Å². The molecule has 1 N–H and O–H groups in total. The average molecular weight is 271 g/mol. The first-order chi connectivity index (χ1) is 9.57. The lowest BCUT2D eigenvalue weighted by Crippen LogP contribution is -2.40. The number of hydrogen-bond acceptors (Lipinski definition) is 4. The summed E-state index contributed by atoms with van der Waals surface area (Å²) in [7, 11) is 0. The lowest BCUT2D eigenvalue weighted by Gasteiger charge is -2.36. The van der Waals surface area contributed by atoms with Gasteiger partial charge in [-0.2, -0.15) is 5.26 Å². The summed E-state index contributed by atoms with van der Waals surface area (Å²) in [6.07, 6.45) is 5.15. The molecule has 1 aliphatic heterocycles. The fraction of sp³-hybridized carbons (Fsp3) is 0.625. The Kier molecular flexibility index (Phi) is 3.39. The van der Waals surface area contributed by atoms with Gasteiger partial charge >= 0.3 is 0 Å². The Morgan fingerprint density at radius 2 is 2.30 bits per heavy atom. The van der Waals surface area contributed by atoms with E-state index in [0.29, 0.717) is 11.6 Å². The molecule has 1 fully saturated rings. The molecule has 3 rings (SSSR count). The number of fused-ring (bicyclic) bond motifs is 1. The molecular weight excluding hydrogens is 250 g/mol. The third kappa shape index (κ3) is 2.64. The van der Waals surface area contributed by atoms with Crippen LogP contribution in [0.1, 0.15) is 49.9 Å². The van der Waals surface area contributed by atoms with Crippen LogP contribution in [0.2, 0.25) is 0 Å². The first kappa shape index (κ1) is 13.4. The number of nitrogens with zero attached hydrogens (tertiary/aromatic N) is 2. The van der Waals surface area contributed by atoms with Gasteiger partial charge in [0.05, 0.1) is 11.2 Å². The molecule has 2 heterocycles. The lowest BCUT2D eigenvalue weighted by atomic mass is 9.94. The van der Waals surface area contributed by atoms with E-state index in [0.717, 1.165) is 50.2 Å². The van der Waals surface area contributed by atoms with Crippen LogP contribution in [0.5, 0.6) is 0 Å². The highest BCUT2D eigenvalue weighted by Gasteiger charge is 2.29. The van der Waals surface area contributed by atoms with Crippen LogP contribution < -0.4 is 5.32 Å². The van der Waals surface area contributed by atoms with E-state index in [1.165, 1.54) is 5.56 Å². The third-order valence-corrected chi connectivity index (χ3v) is 4.21. The highest BCUT2D eigenvalue weighted by Crippen LogP contribution is 2.29. The van der Waals surface area contributed by atoms with Gasteiger partial charge in [0.15, 0.2) is 0 Å². The molecule has 1 aromatic heterocycles. The van der Waals surface area contributed by atoms with E-state index in [4.69, 9.17) is 9.72 Å². The summed E-state index contributed by atoms with van der Waals surface area (Å²) in [6, 6.07) is 4.63. The topological polar surface area (TPSA) is 57.9 Å². The van der Waals surface area contributed by atoms with E-state index >= 15 is 0 Å². The highest BCUT2D eigenvalue weighted by molar-refractivity contribution is 5.55. The summed E-state index contributed by atoms with van der Waals surface area (Å²) < 4.78 is 5.74. The first-order valence-corrected chi connectivity index (χ1v) is 7.41. The van der Waals surface area contributed by atoms with E-state index in [2.05, 4.69) is 25.2 Å². The SMILES string of the molecule is CC1(C)CC(Nc2nc3c(cc2C#N)CCC3)CCO1. The lowest BCUT2D eigenvalue weighted by molar-refractivity contribution is -0.0553. The maximum atomic E-state index is 9.33. The minimum Gasteiger partial charge on any atom is -0.375 e. The van der Waals surface area contributed by atoms with Crippen molar-refractivity contribution >= 4 is 5.82 Å². The van der Waals surface area contributed by atoms with Gasteiger partial charge < -0.3 is 10.1 Å². The number of pyridine rings is 1. The van der Waals surface area contributed by atoms with Gasteiger partial charge in [-0.15, -0.1) is 0 Å². The van der Waals surface area contributed by atoms with Crippen molar-refractivity contribution in [2.45, 2.75) is 57.6 Å². The van der Waals surface area contributed by atoms with Gasteiger partial charge in [0.25, 0.3) is 0 Å². The zero-order chi connectivity index (χ0) is 14.2. The van der Waals surface area contributed by atoms with E-state index in [9.17, 15) is 5.26 Å². The molecule has 0 saturated carbocycles. The van der Waals surface area contributed by atoms with E-state index in [-0.39, 0.29) is 5.60 Å². The smallest absolute Gasteiger partial charge is 0.144 e. The number of aromatic nitrogens is 1.